The first-order valence-corrected chi connectivity index (χ1v) is 6.66. The van der Waals surface area contributed by atoms with E-state index in [0.29, 0.717) is 5.92 Å². The maximum absolute atomic E-state index is 9.10. The van der Waals surface area contributed by atoms with E-state index in [9.17, 15) is 0 Å². The van der Waals surface area contributed by atoms with Gasteiger partial charge in [0.1, 0.15) is 5.75 Å². The molecule has 0 aliphatic carbocycles. The predicted molar refractivity (Wildman–Crippen MR) is 75.2 cm³/mol. The highest BCUT2D eigenvalue weighted by Crippen LogP contribution is 2.19. The topological polar surface area (TPSA) is 41.5 Å². The van der Waals surface area contributed by atoms with Crippen LogP contribution in [0.4, 0.5) is 0 Å². The summed E-state index contributed by atoms with van der Waals surface area (Å²) in [6, 6.07) is 6.26. The van der Waals surface area contributed by atoms with Gasteiger partial charge >= 0.3 is 0 Å². The van der Waals surface area contributed by atoms with E-state index in [0.717, 1.165) is 31.7 Å². The number of ether oxygens (including phenoxy) is 1. The Hall–Kier alpha value is -1.06. The van der Waals surface area contributed by atoms with E-state index in [1.54, 1.807) is 7.11 Å². The highest BCUT2D eigenvalue weighted by molar-refractivity contribution is 5.37. The van der Waals surface area contributed by atoms with Crippen molar-refractivity contribution in [1.82, 2.24) is 5.32 Å². The fourth-order valence-electron chi connectivity index (χ4n) is 1.97. The summed E-state index contributed by atoms with van der Waals surface area (Å²) in [5.74, 6) is 1.32. The van der Waals surface area contributed by atoms with Gasteiger partial charge in [0, 0.05) is 13.2 Å². The molecule has 0 radical (unpaired) electrons. The van der Waals surface area contributed by atoms with Gasteiger partial charge in [0.05, 0.1) is 7.11 Å². The highest BCUT2D eigenvalue weighted by Gasteiger charge is 2.05. The number of aliphatic hydroxyl groups is 1. The summed E-state index contributed by atoms with van der Waals surface area (Å²) in [7, 11) is 1.71. The molecule has 0 bridgehead atoms. The Morgan fingerprint density at radius 3 is 2.78 bits per heavy atom. The molecule has 102 valence electrons. The quantitative estimate of drug-likeness (QED) is 0.696. The molecule has 0 amide bonds. The van der Waals surface area contributed by atoms with Crippen LogP contribution in [0.5, 0.6) is 5.75 Å². The molecule has 1 rings (SSSR count). The summed E-state index contributed by atoms with van der Waals surface area (Å²) in [4.78, 5) is 0. The zero-order valence-corrected chi connectivity index (χ0v) is 11.7. The monoisotopic (exact) mass is 251 g/mol. The zero-order chi connectivity index (χ0) is 13.4. The summed E-state index contributed by atoms with van der Waals surface area (Å²) in [6.07, 6.45) is 1.96. The summed E-state index contributed by atoms with van der Waals surface area (Å²) < 4.78 is 5.35. The van der Waals surface area contributed by atoms with Crippen molar-refractivity contribution in [2.75, 3.05) is 26.8 Å². The van der Waals surface area contributed by atoms with Gasteiger partial charge in [-0.3, -0.25) is 0 Å². The molecule has 0 fully saturated rings. The van der Waals surface area contributed by atoms with Crippen LogP contribution in [0.2, 0.25) is 0 Å². The Morgan fingerprint density at radius 1 is 1.39 bits per heavy atom. The van der Waals surface area contributed by atoms with E-state index >= 15 is 0 Å². The van der Waals surface area contributed by atoms with Crippen LogP contribution in [0, 0.1) is 12.8 Å². The van der Waals surface area contributed by atoms with Gasteiger partial charge in [-0.1, -0.05) is 24.6 Å². The Bertz CT molecular complexity index is 348. The van der Waals surface area contributed by atoms with Crippen molar-refractivity contribution in [1.29, 1.82) is 0 Å². The van der Waals surface area contributed by atoms with E-state index in [-0.39, 0.29) is 6.61 Å². The van der Waals surface area contributed by atoms with Crippen LogP contribution < -0.4 is 10.1 Å². The van der Waals surface area contributed by atoms with Crippen molar-refractivity contribution in [2.45, 2.75) is 26.7 Å². The van der Waals surface area contributed by atoms with Gasteiger partial charge < -0.3 is 15.2 Å². The Labute approximate surface area is 110 Å². The van der Waals surface area contributed by atoms with Crippen LogP contribution >= 0.6 is 0 Å². The number of nitrogens with one attached hydrogen (secondary N) is 1. The molecule has 0 aliphatic rings. The largest absolute Gasteiger partial charge is 0.496 e. The maximum atomic E-state index is 9.10. The number of methoxy groups -OCH3 is 1. The molecule has 3 heteroatoms. The van der Waals surface area contributed by atoms with Gasteiger partial charge in [0.25, 0.3) is 0 Å². The average molecular weight is 251 g/mol. The number of hydrogen-bond donors (Lipinski definition) is 2. The lowest BCUT2D eigenvalue weighted by molar-refractivity contribution is 0.219. The molecule has 0 saturated carbocycles. The third-order valence-corrected chi connectivity index (χ3v) is 3.28. The molecular formula is C15H25NO2. The van der Waals surface area contributed by atoms with Crippen LogP contribution in [-0.2, 0) is 6.42 Å². The Kier molecular flexibility index (Phi) is 6.76. The second kappa shape index (κ2) is 8.11. The number of aryl methyl sites for hydroxylation is 1. The summed E-state index contributed by atoms with van der Waals surface area (Å²) in [5.41, 5.74) is 2.50. The third-order valence-electron chi connectivity index (χ3n) is 3.28. The predicted octanol–water partition coefficient (Wildman–Crippen LogP) is 2.15. The first-order valence-electron chi connectivity index (χ1n) is 6.66. The standard InChI is InChI=1S/C15H25NO2/c1-4-13(11-17)10-16-8-7-14-9-12(2)5-6-15(14)18-3/h5-6,9,13,16-17H,4,7-8,10-11H2,1-3H3. The average Bonchev–Trinajstić information content (AvgIpc) is 2.39. The van der Waals surface area contributed by atoms with Crippen LogP contribution in [-0.4, -0.2) is 31.9 Å². The molecule has 2 N–H and O–H groups in total. The minimum absolute atomic E-state index is 0.261. The van der Waals surface area contributed by atoms with Crippen molar-refractivity contribution in [3.63, 3.8) is 0 Å². The van der Waals surface area contributed by atoms with Gasteiger partial charge in [0.15, 0.2) is 0 Å². The van der Waals surface area contributed by atoms with Crippen molar-refractivity contribution in [2.24, 2.45) is 5.92 Å². The van der Waals surface area contributed by atoms with Gasteiger partial charge in [-0.05, 0) is 43.9 Å². The Balaban J connectivity index is 2.41. The molecule has 3 nitrogen and oxygen atoms in total. The molecular weight excluding hydrogens is 226 g/mol. The third kappa shape index (κ3) is 4.67. The highest BCUT2D eigenvalue weighted by atomic mass is 16.5. The Morgan fingerprint density at radius 2 is 2.17 bits per heavy atom. The molecule has 0 saturated heterocycles. The van der Waals surface area contributed by atoms with Crippen molar-refractivity contribution in [3.8, 4) is 5.75 Å². The summed E-state index contributed by atoms with van der Waals surface area (Å²) in [6.45, 7) is 6.25. The molecule has 1 aromatic rings. The molecule has 0 heterocycles. The van der Waals surface area contributed by atoms with E-state index < -0.39 is 0 Å². The second-order valence-corrected chi connectivity index (χ2v) is 4.73. The summed E-state index contributed by atoms with van der Waals surface area (Å²) >= 11 is 0. The molecule has 1 atom stereocenters. The number of aliphatic hydroxyl groups excluding tert-OH is 1. The SMILES string of the molecule is CCC(CO)CNCCc1cc(C)ccc1OC. The number of hydrogen-bond acceptors (Lipinski definition) is 3. The van der Waals surface area contributed by atoms with E-state index in [4.69, 9.17) is 9.84 Å². The molecule has 1 unspecified atom stereocenters. The van der Waals surface area contributed by atoms with Gasteiger partial charge in [-0.2, -0.15) is 0 Å². The first kappa shape index (κ1) is 15.0. The minimum atomic E-state index is 0.261. The fourth-order valence-corrected chi connectivity index (χ4v) is 1.97. The molecule has 0 aliphatic heterocycles. The number of benzene rings is 1. The normalized spacial score (nSPS) is 12.4. The smallest absolute Gasteiger partial charge is 0.122 e. The van der Waals surface area contributed by atoms with E-state index in [2.05, 4.69) is 31.3 Å². The first-order chi connectivity index (χ1) is 8.71. The van der Waals surface area contributed by atoms with Crippen molar-refractivity contribution >= 4 is 0 Å². The van der Waals surface area contributed by atoms with E-state index in [1.807, 2.05) is 6.07 Å². The van der Waals surface area contributed by atoms with E-state index in [1.165, 1.54) is 11.1 Å². The summed E-state index contributed by atoms with van der Waals surface area (Å²) in [5, 5.41) is 12.5. The lowest BCUT2D eigenvalue weighted by atomic mass is 10.1. The van der Waals surface area contributed by atoms with Crippen LogP contribution in [0.15, 0.2) is 18.2 Å². The van der Waals surface area contributed by atoms with Gasteiger partial charge in [0.2, 0.25) is 0 Å². The molecule has 0 spiro atoms. The molecule has 18 heavy (non-hydrogen) atoms. The van der Waals surface area contributed by atoms with Crippen LogP contribution in [0.3, 0.4) is 0 Å². The second-order valence-electron chi connectivity index (χ2n) is 4.73. The maximum Gasteiger partial charge on any atom is 0.122 e. The molecule has 0 aromatic heterocycles. The lowest BCUT2D eigenvalue weighted by Crippen LogP contribution is -2.26. The van der Waals surface area contributed by atoms with Crippen molar-refractivity contribution in [3.05, 3.63) is 29.3 Å². The lowest BCUT2D eigenvalue weighted by Gasteiger charge is -2.13. The molecule has 1 aromatic carbocycles. The van der Waals surface area contributed by atoms with Crippen molar-refractivity contribution < 1.29 is 9.84 Å². The fraction of sp³-hybridized carbons (Fsp3) is 0.600. The van der Waals surface area contributed by atoms with Gasteiger partial charge in [-0.25, -0.2) is 0 Å². The van der Waals surface area contributed by atoms with Crippen LogP contribution in [0.25, 0.3) is 0 Å². The van der Waals surface area contributed by atoms with Crippen LogP contribution in [0.1, 0.15) is 24.5 Å². The number of rotatable bonds is 8. The van der Waals surface area contributed by atoms with Gasteiger partial charge in [-0.15, -0.1) is 0 Å². The minimum Gasteiger partial charge on any atom is -0.496 e. The zero-order valence-electron chi connectivity index (χ0n) is 11.7.